The molecule has 1 aliphatic heterocycles. The summed E-state index contributed by atoms with van der Waals surface area (Å²) < 4.78 is 7.18. The zero-order valence-electron chi connectivity index (χ0n) is 15.6. The average Bonchev–Trinajstić information content (AvgIpc) is 3.42. The van der Waals surface area contributed by atoms with Gasteiger partial charge in [-0.25, -0.2) is 4.79 Å². The van der Waals surface area contributed by atoms with Gasteiger partial charge >= 0.3 is 5.97 Å². The molecule has 2 heterocycles. The van der Waals surface area contributed by atoms with E-state index in [9.17, 15) is 9.90 Å². The molecule has 5 rings (SSSR count). The fourth-order valence-electron chi connectivity index (χ4n) is 4.10. The molecule has 1 aromatic heterocycles. The third-order valence-electron chi connectivity index (χ3n) is 5.83. The maximum Gasteiger partial charge on any atom is 0.340 e. The van der Waals surface area contributed by atoms with Crippen LogP contribution in [0.1, 0.15) is 40.7 Å². The van der Waals surface area contributed by atoms with E-state index < -0.39 is 0 Å². The van der Waals surface area contributed by atoms with Crippen LogP contribution in [0.25, 0.3) is 10.9 Å². The number of carbonyl (C=O) groups excluding carboxylic acids is 1. The number of phenolic OH excluding ortho intramolecular Hbond substituents is 1. The first-order valence-electron chi connectivity index (χ1n) is 9.51. The number of rotatable bonds is 4. The van der Waals surface area contributed by atoms with Gasteiger partial charge in [0.2, 0.25) is 0 Å². The Labute approximate surface area is 168 Å². The van der Waals surface area contributed by atoms with Crippen LogP contribution < -0.4 is 4.90 Å². The van der Waals surface area contributed by atoms with Crippen molar-refractivity contribution >= 4 is 34.2 Å². The maximum atomic E-state index is 12.1. The summed E-state index contributed by atoms with van der Waals surface area (Å²) in [7, 11) is 1.42. The van der Waals surface area contributed by atoms with Crippen molar-refractivity contribution in [3.8, 4) is 5.75 Å². The lowest BCUT2D eigenvalue weighted by atomic mass is 9.90. The number of nitrogens with zero attached hydrogens (tertiary/aromatic N) is 2. The van der Waals surface area contributed by atoms with E-state index in [1.54, 1.807) is 12.1 Å². The molecule has 0 bridgehead atoms. The first kappa shape index (κ1) is 17.4. The van der Waals surface area contributed by atoms with Crippen LogP contribution in [0.15, 0.2) is 42.6 Å². The molecule has 6 heteroatoms. The number of aromatic nitrogens is 1. The van der Waals surface area contributed by atoms with Gasteiger partial charge in [0.1, 0.15) is 5.75 Å². The maximum absolute atomic E-state index is 12.1. The molecule has 5 nitrogen and oxygen atoms in total. The molecule has 0 spiro atoms. The summed E-state index contributed by atoms with van der Waals surface area (Å²) in [4.78, 5) is 14.5. The van der Waals surface area contributed by atoms with Crippen molar-refractivity contribution in [3.63, 3.8) is 0 Å². The standard InChI is InChI=1S/C22H21ClN2O3/c1-28-22(27)19-12-25(14-2-3-14)21-8-15(4-6-18(19)21)24-10-13(11-24)17-7-5-16(26)9-20(17)23/h4-9,12-14,26H,2-3,10-11H2,1H3. The van der Waals surface area contributed by atoms with Crippen LogP contribution >= 0.6 is 11.6 Å². The molecule has 28 heavy (non-hydrogen) atoms. The van der Waals surface area contributed by atoms with E-state index in [0.717, 1.165) is 48.1 Å². The Bertz CT molecular complexity index is 1080. The molecule has 1 saturated heterocycles. The zero-order chi connectivity index (χ0) is 19.4. The average molecular weight is 397 g/mol. The van der Waals surface area contributed by atoms with E-state index in [1.165, 1.54) is 7.11 Å². The molecule has 0 atom stereocenters. The van der Waals surface area contributed by atoms with E-state index >= 15 is 0 Å². The molecule has 3 aromatic rings. The second-order valence-electron chi connectivity index (χ2n) is 7.68. The fourth-order valence-corrected chi connectivity index (χ4v) is 4.43. The second-order valence-corrected chi connectivity index (χ2v) is 8.09. The van der Waals surface area contributed by atoms with Crippen LogP contribution in [-0.2, 0) is 4.74 Å². The molecule has 2 aromatic carbocycles. The summed E-state index contributed by atoms with van der Waals surface area (Å²) in [5.74, 6) is 0.255. The zero-order valence-corrected chi connectivity index (χ0v) is 16.3. The SMILES string of the molecule is COC(=O)c1cn(C2CC2)c2cc(N3CC(c4ccc(O)cc4Cl)C3)ccc12. The molecule has 0 unspecified atom stereocenters. The van der Waals surface area contributed by atoms with Crippen molar-refractivity contribution in [1.82, 2.24) is 4.57 Å². The lowest BCUT2D eigenvalue weighted by Gasteiger charge is -2.41. The first-order chi connectivity index (χ1) is 13.5. The van der Waals surface area contributed by atoms with Gasteiger partial charge in [0.25, 0.3) is 0 Å². The van der Waals surface area contributed by atoms with Crippen molar-refractivity contribution in [3.05, 3.63) is 58.7 Å². The minimum absolute atomic E-state index is 0.192. The highest BCUT2D eigenvalue weighted by atomic mass is 35.5. The molecule has 2 aliphatic rings. The Morgan fingerprint density at radius 3 is 2.64 bits per heavy atom. The van der Waals surface area contributed by atoms with Crippen LogP contribution in [0.4, 0.5) is 5.69 Å². The minimum atomic E-state index is -0.289. The molecule has 0 radical (unpaired) electrons. The summed E-state index contributed by atoms with van der Waals surface area (Å²) in [5.41, 5.74) is 3.95. The quantitative estimate of drug-likeness (QED) is 0.648. The van der Waals surface area contributed by atoms with Crippen LogP contribution in [0.3, 0.4) is 0 Å². The van der Waals surface area contributed by atoms with Gasteiger partial charge in [-0.2, -0.15) is 0 Å². The number of fused-ring (bicyclic) bond motifs is 1. The van der Waals surface area contributed by atoms with Gasteiger partial charge in [-0.1, -0.05) is 17.7 Å². The Morgan fingerprint density at radius 1 is 1.18 bits per heavy atom. The van der Waals surface area contributed by atoms with Crippen molar-refractivity contribution < 1.29 is 14.6 Å². The number of ether oxygens (including phenoxy) is 1. The molecule has 2 fully saturated rings. The summed E-state index contributed by atoms with van der Waals surface area (Å²) in [6, 6.07) is 11.9. The third kappa shape index (κ3) is 2.81. The number of hydrogen-bond acceptors (Lipinski definition) is 4. The third-order valence-corrected chi connectivity index (χ3v) is 6.16. The van der Waals surface area contributed by atoms with Crippen molar-refractivity contribution in [1.29, 1.82) is 0 Å². The van der Waals surface area contributed by atoms with E-state index in [0.29, 0.717) is 22.5 Å². The molecule has 1 N–H and O–H groups in total. The molecule has 1 aliphatic carbocycles. The molecule has 1 saturated carbocycles. The second kappa shape index (κ2) is 6.45. The number of carbonyl (C=O) groups is 1. The number of phenols is 1. The van der Waals surface area contributed by atoms with Gasteiger partial charge in [-0.05, 0) is 48.7 Å². The van der Waals surface area contributed by atoms with Gasteiger partial charge in [0, 0.05) is 47.3 Å². The number of aromatic hydroxyl groups is 1. The molecule has 0 amide bonds. The van der Waals surface area contributed by atoms with Gasteiger partial charge in [0.05, 0.1) is 18.2 Å². The normalized spacial score (nSPS) is 17.0. The topological polar surface area (TPSA) is 54.7 Å². The van der Waals surface area contributed by atoms with Crippen LogP contribution in [0, 0.1) is 0 Å². The first-order valence-corrected chi connectivity index (χ1v) is 9.89. The summed E-state index contributed by atoms with van der Waals surface area (Å²) >= 11 is 6.29. The summed E-state index contributed by atoms with van der Waals surface area (Å²) in [5, 5.41) is 11.1. The lowest BCUT2D eigenvalue weighted by Crippen LogP contribution is -2.45. The Hall–Kier alpha value is -2.66. The summed E-state index contributed by atoms with van der Waals surface area (Å²) in [6.45, 7) is 1.76. The van der Waals surface area contributed by atoms with Crippen molar-refractivity contribution in [2.45, 2.75) is 24.8 Å². The van der Waals surface area contributed by atoms with Gasteiger partial charge in [-0.3, -0.25) is 0 Å². The molecule has 144 valence electrons. The highest BCUT2D eigenvalue weighted by molar-refractivity contribution is 6.31. The number of esters is 1. The number of benzene rings is 2. The number of hydrogen-bond donors (Lipinski definition) is 1. The Morgan fingerprint density at radius 2 is 1.96 bits per heavy atom. The fraction of sp³-hybridized carbons (Fsp3) is 0.318. The predicted molar refractivity (Wildman–Crippen MR) is 110 cm³/mol. The number of methoxy groups -OCH3 is 1. The van der Waals surface area contributed by atoms with E-state index in [2.05, 4.69) is 21.6 Å². The van der Waals surface area contributed by atoms with E-state index in [-0.39, 0.29) is 11.7 Å². The van der Waals surface area contributed by atoms with Crippen LogP contribution in [-0.4, -0.2) is 35.8 Å². The van der Waals surface area contributed by atoms with E-state index in [1.807, 2.05) is 18.3 Å². The minimum Gasteiger partial charge on any atom is -0.508 e. The number of anilines is 1. The highest BCUT2D eigenvalue weighted by Gasteiger charge is 2.31. The van der Waals surface area contributed by atoms with Crippen LogP contribution in [0.2, 0.25) is 5.02 Å². The molecular formula is C22H21ClN2O3. The highest BCUT2D eigenvalue weighted by Crippen LogP contribution is 2.41. The van der Waals surface area contributed by atoms with Gasteiger partial charge < -0.3 is 19.3 Å². The Balaban J connectivity index is 1.43. The monoisotopic (exact) mass is 396 g/mol. The predicted octanol–water partition coefficient (Wildman–Crippen LogP) is 4.73. The van der Waals surface area contributed by atoms with Gasteiger partial charge in [0.15, 0.2) is 0 Å². The largest absolute Gasteiger partial charge is 0.508 e. The number of halogens is 1. The smallest absolute Gasteiger partial charge is 0.340 e. The lowest BCUT2D eigenvalue weighted by molar-refractivity contribution is 0.0602. The van der Waals surface area contributed by atoms with E-state index in [4.69, 9.17) is 16.3 Å². The van der Waals surface area contributed by atoms with Crippen LogP contribution in [0.5, 0.6) is 5.75 Å². The van der Waals surface area contributed by atoms with Gasteiger partial charge in [-0.15, -0.1) is 0 Å². The van der Waals surface area contributed by atoms with Crippen molar-refractivity contribution in [2.75, 3.05) is 25.1 Å². The van der Waals surface area contributed by atoms with Crippen molar-refractivity contribution in [2.24, 2.45) is 0 Å². The summed E-state index contributed by atoms with van der Waals surface area (Å²) in [6.07, 6.45) is 4.24. The Kier molecular flexibility index (Phi) is 4.02. The molecular weight excluding hydrogens is 376 g/mol.